The smallest absolute Gasteiger partial charge is 0.339 e. The second kappa shape index (κ2) is 8.10. The van der Waals surface area contributed by atoms with Crippen molar-refractivity contribution in [2.75, 3.05) is 5.32 Å². The Morgan fingerprint density at radius 2 is 1.84 bits per heavy atom. The number of para-hydroxylation sites is 1. The van der Waals surface area contributed by atoms with Gasteiger partial charge in [0.2, 0.25) is 5.55 Å². The lowest BCUT2D eigenvalue weighted by Gasteiger charge is -2.41. The number of nitrogens with zero attached hydrogens (tertiary/aromatic N) is 1. The van der Waals surface area contributed by atoms with Crippen LogP contribution in [0, 0.1) is 6.92 Å². The second-order valence-corrected chi connectivity index (χ2v) is 8.61. The molecule has 160 valence electrons. The Bertz CT molecular complexity index is 1180. The zero-order valence-electron chi connectivity index (χ0n) is 17.7. The van der Waals surface area contributed by atoms with Crippen LogP contribution in [-0.2, 0) is 6.42 Å². The van der Waals surface area contributed by atoms with E-state index < -0.39 is 6.03 Å². The Labute approximate surface area is 181 Å². The SMILES string of the molecule is Cc1cc(=NNC(=O)Nc2ccccc2)oc2cc3c(cc12)CCC1(CCCCC1)O3. The molecule has 0 bridgehead atoms. The van der Waals surface area contributed by atoms with Gasteiger partial charge in [0.25, 0.3) is 0 Å². The number of benzene rings is 2. The number of carbonyl (C=O) groups is 1. The van der Waals surface area contributed by atoms with Crippen LogP contribution in [0.3, 0.4) is 0 Å². The number of amides is 2. The van der Waals surface area contributed by atoms with Crippen molar-refractivity contribution >= 4 is 22.7 Å². The molecule has 1 fully saturated rings. The number of ether oxygens (including phenoxy) is 1. The minimum absolute atomic E-state index is 0.00691. The van der Waals surface area contributed by atoms with Crippen LogP contribution in [0.1, 0.15) is 49.7 Å². The molecule has 5 rings (SSSR count). The highest BCUT2D eigenvalue weighted by Crippen LogP contribution is 2.43. The summed E-state index contributed by atoms with van der Waals surface area (Å²) in [6.45, 7) is 2.03. The van der Waals surface area contributed by atoms with E-state index in [1.807, 2.05) is 49.4 Å². The number of aryl methyl sites for hydroxylation is 2. The van der Waals surface area contributed by atoms with Crippen molar-refractivity contribution in [1.82, 2.24) is 5.43 Å². The summed E-state index contributed by atoms with van der Waals surface area (Å²) < 4.78 is 12.5. The molecule has 2 aliphatic rings. The molecule has 6 heteroatoms. The van der Waals surface area contributed by atoms with Gasteiger partial charge in [-0.25, -0.2) is 10.2 Å². The van der Waals surface area contributed by atoms with Gasteiger partial charge in [0.05, 0.1) is 0 Å². The quantitative estimate of drug-likeness (QED) is 0.548. The largest absolute Gasteiger partial charge is 0.487 e. The van der Waals surface area contributed by atoms with Crippen LogP contribution in [0.15, 0.2) is 58.0 Å². The highest BCUT2D eigenvalue weighted by molar-refractivity contribution is 5.88. The first-order valence-electron chi connectivity index (χ1n) is 11.0. The Balaban J connectivity index is 1.40. The van der Waals surface area contributed by atoms with Gasteiger partial charge in [0, 0.05) is 23.2 Å². The van der Waals surface area contributed by atoms with Gasteiger partial charge in [-0.3, -0.25) is 0 Å². The number of rotatable bonds is 2. The summed E-state index contributed by atoms with van der Waals surface area (Å²) in [6.07, 6.45) is 8.19. The van der Waals surface area contributed by atoms with Gasteiger partial charge in [0.1, 0.15) is 16.9 Å². The summed E-state index contributed by atoms with van der Waals surface area (Å²) in [5.41, 5.74) is 6.54. The van der Waals surface area contributed by atoms with Crippen molar-refractivity contribution in [3.8, 4) is 5.75 Å². The molecule has 31 heavy (non-hydrogen) atoms. The fraction of sp³-hybridized carbons (Fsp3) is 0.360. The van der Waals surface area contributed by atoms with Crippen LogP contribution in [0.5, 0.6) is 5.75 Å². The van der Waals surface area contributed by atoms with Gasteiger partial charge in [0.15, 0.2) is 0 Å². The highest BCUT2D eigenvalue weighted by atomic mass is 16.5. The van der Waals surface area contributed by atoms with E-state index >= 15 is 0 Å². The van der Waals surface area contributed by atoms with Crippen LogP contribution in [0.25, 0.3) is 11.0 Å². The lowest BCUT2D eigenvalue weighted by Crippen LogP contribution is -2.41. The summed E-state index contributed by atoms with van der Waals surface area (Å²) >= 11 is 0. The molecule has 2 N–H and O–H groups in total. The molecule has 1 saturated carbocycles. The summed E-state index contributed by atoms with van der Waals surface area (Å²) in [7, 11) is 0. The molecule has 1 aliphatic carbocycles. The van der Waals surface area contributed by atoms with Crippen LogP contribution in [0.2, 0.25) is 0 Å². The average molecular weight is 418 g/mol. The van der Waals surface area contributed by atoms with Gasteiger partial charge < -0.3 is 14.5 Å². The predicted octanol–water partition coefficient (Wildman–Crippen LogP) is 5.41. The molecule has 2 aromatic carbocycles. The minimum Gasteiger partial charge on any atom is -0.487 e. The third kappa shape index (κ3) is 4.15. The molecule has 0 atom stereocenters. The number of hydrogen-bond acceptors (Lipinski definition) is 4. The predicted molar refractivity (Wildman–Crippen MR) is 120 cm³/mol. The maximum atomic E-state index is 12.1. The summed E-state index contributed by atoms with van der Waals surface area (Å²) in [4.78, 5) is 12.1. The first kappa shape index (κ1) is 19.7. The average Bonchev–Trinajstić information content (AvgIpc) is 2.78. The first-order chi connectivity index (χ1) is 15.1. The summed E-state index contributed by atoms with van der Waals surface area (Å²) in [5, 5.41) is 7.92. The molecule has 2 amide bonds. The number of nitrogens with one attached hydrogen (secondary N) is 2. The maximum absolute atomic E-state index is 12.1. The molecule has 0 radical (unpaired) electrons. The maximum Gasteiger partial charge on any atom is 0.339 e. The van der Waals surface area contributed by atoms with Crippen molar-refractivity contribution < 1.29 is 13.9 Å². The Morgan fingerprint density at radius 1 is 1.03 bits per heavy atom. The second-order valence-electron chi connectivity index (χ2n) is 8.61. The zero-order chi connectivity index (χ0) is 21.3. The Hall–Kier alpha value is -3.28. The Kier molecular flexibility index (Phi) is 5.14. The van der Waals surface area contributed by atoms with E-state index in [2.05, 4.69) is 21.9 Å². The third-order valence-corrected chi connectivity index (χ3v) is 6.38. The van der Waals surface area contributed by atoms with Crippen molar-refractivity contribution in [1.29, 1.82) is 0 Å². The lowest BCUT2D eigenvalue weighted by atomic mass is 9.79. The topological polar surface area (TPSA) is 75.9 Å². The van der Waals surface area contributed by atoms with Gasteiger partial charge >= 0.3 is 6.03 Å². The van der Waals surface area contributed by atoms with Gasteiger partial charge in [-0.15, -0.1) is 5.10 Å². The van der Waals surface area contributed by atoms with E-state index in [9.17, 15) is 4.79 Å². The van der Waals surface area contributed by atoms with Crippen molar-refractivity contribution in [3.05, 3.63) is 65.2 Å². The fourth-order valence-electron chi connectivity index (χ4n) is 4.73. The number of anilines is 1. The van der Waals surface area contributed by atoms with E-state index in [0.717, 1.165) is 48.0 Å². The standard InChI is InChI=1S/C25H27N3O3/c1-17-14-23(27-28-24(29)26-19-8-4-2-5-9-19)30-22-16-21-18(15-20(17)22)10-13-25(31-21)11-6-3-7-12-25/h2,4-5,8-9,14-16H,3,6-7,10-13H2,1H3,(H2,26,28,29). The Morgan fingerprint density at radius 3 is 2.65 bits per heavy atom. The van der Waals surface area contributed by atoms with E-state index in [4.69, 9.17) is 9.15 Å². The van der Waals surface area contributed by atoms with Gasteiger partial charge in [-0.05, 0) is 74.8 Å². The summed E-state index contributed by atoms with van der Waals surface area (Å²) in [6, 6.07) is 14.8. The van der Waals surface area contributed by atoms with E-state index in [1.54, 1.807) is 0 Å². The molecular weight excluding hydrogens is 390 g/mol. The fourth-order valence-corrected chi connectivity index (χ4v) is 4.73. The molecule has 3 aromatic rings. The van der Waals surface area contributed by atoms with Crippen molar-refractivity contribution in [2.45, 2.75) is 57.5 Å². The van der Waals surface area contributed by atoms with E-state index in [-0.39, 0.29) is 5.60 Å². The van der Waals surface area contributed by atoms with Crippen molar-refractivity contribution in [3.63, 3.8) is 0 Å². The van der Waals surface area contributed by atoms with Crippen LogP contribution < -0.4 is 21.0 Å². The molecule has 6 nitrogen and oxygen atoms in total. The summed E-state index contributed by atoms with van der Waals surface area (Å²) in [5.74, 6) is 0.927. The first-order valence-corrected chi connectivity index (χ1v) is 11.0. The van der Waals surface area contributed by atoms with Crippen LogP contribution in [-0.4, -0.2) is 11.6 Å². The number of fused-ring (bicyclic) bond motifs is 2. The number of carbonyl (C=O) groups excluding carboxylic acids is 1. The van der Waals surface area contributed by atoms with Gasteiger partial charge in [-0.2, -0.15) is 0 Å². The van der Waals surface area contributed by atoms with Crippen LogP contribution >= 0.6 is 0 Å². The molecule has 1 aromatic heterocycles. The molecule has 0 saturated heterocycles. The monoisotopic (exact) mass is 417 g/mol. The molecule has 1 spiro atoms. The number of urea groups is 1. The highest BCUT2D eigenvalue weighted by Gasteiger charge is 2.37. The molecule has 1 aliphatic heterocycles. The molecular formula is C25H27N3O3. The van der Waals surface area contributed by atoms with E-state index in [1.165, 1.54) is 24.8 Å². The van der Waals surface area contributed by atoms with Gasteiger partial charge in [-0.1, -0.05) is 24.6 Å². The van der Waals surface area contributed by atoms with E-state index in [0.29, 0.717) is 11.2 Å². The lowest BCUT2D eigenvalue weighted by molar-refractivity contribution is 0.0109. The number of hydrogen-bond donors (Lipinski definition) is 2. The minimum atomic E-state index is -0.424. The van der Waals surface area contributed by atoms with Crippen molar-refractivity contribution in [2.24, 2.45) is 5.10 Å². The third-order valence-electron chi connectivity index (χ3n) is 6.38. The van der Waals surface area contributed by atoms with Crippen LogP contribution in [0.4, 0.5) is 10.5 Å². The zero-order valence-corrected chi connectivity index (χ0v) is 17.7. The molecule has 0 unspecified atom stereocenters. The molecule has 2 heterocycles. The normalized spacial score (nSPS) is 17.8.